The van der Waals surface area contributed by atoms with Crippen LogP contribution in [-0.2, 0) is 16.0 Å². The summed E-state index contributed by atoms with van der Waals surface area (Å²) < 4.78 is 6.54. The van der Waals surface area contributed by atoms with Gasteiger partial charge in [0.15, 0.2) is 0 Å². The third kappa shape index (κ3) is 5.65. The molecule has 1 aliphatic rings. The summed E-state index contributed by atoms with van der Waals surface area (Å²) in [5.41, 5.74) is 3.69. The number of carboxylic acids is 1. The molecule has 4 heteroatoms. The molecule has 0 amide bonds. The van der Waals surface area contributed by atoms with Gasteiger partial charge in [0, 0.05) is 13.1 Å². The lowest BCUT2D eigenvalue weighted by Crippen LogP contribution is -2.40. The molecule has 1 atom stereocenters. The van der Waals surface area contributed by atoms with Crippen LogP contribution >= 0.6 is 0 Å². The summed E-state index contributed by atoms with van der Waals surface area (Å²) >= 11 is 0. The summed E-state index contributed by atoms with van der Waals surface area (Å²) in [4.78, 5) is 12.9. The van der Waals surface area contributed by atoms with E-state index in [0.29, 0.717) is 0 Å². The molecule has 3 rings (SSSR count). The van der Waals surface area contributed by atoms with Crippen molar-refractivity contribution in [3.05, 3.63) is 71.3 Å². The second-order valence-electron chi connectivity index (χ2n) is 7.29. The van der Waals surface area contributed by atoms with Gasteiger partial charge in [0.1, 0.15) is 6.10 Å². The molecule has 1 unspecified atom stereocenters. The Morgan fingerprint density at radius 1 is 1.07 bits per heavy atom. The van der Waals surface area contributed by atoms with Gasteiger partial charge in [-0.2, -0.15) is 0 Å². The van der Waals surface area contributed by atoms with Crippen LogP contribution in [0.4, 0.5) is 0 Å². The molecule has 1 heterocycles. The maximum Gasteiger partial charge on any atom is 0.317 e. The third-order valence-electron chi connectivity index (χ3n) is 5.15. The van der Waals surface area contributed by atoms with Gasteiger partial charge < -0.3 is 9.84 Å². The second kappa shape index (κ2) is 9.67. The molecule has 0 aromatic heterocycles. The molecule has 0 saturated carbocycles. The van der Waals surface area contributed by atoms with Crippen LogP contribution in [0.25, 0.3) is 0 Å². The average Bonchev–Trinajstić information content (AvgIpc) is 2.69. The molecule has 2 aromatic carbocycles. The van der Waals surface area contributed by atoms with E-state index in [4.69, 9.17) is 9.84 Å². The Hall–Kier alpha value is -2.17. The van der Waals surface area contributed by atoms with Gasteiger partial charge in [0.2, 0.25) is 0 Å². The van der Waals surface area contributed by atoms with Gasteiger partial charge in [-0.3, -0.25) is 9.69 Å². The van der Waals surface area contributed by atoms with E-state index >= 15 is 0 Å². The number of carbonyl (C=O) groups is 1. The number of benzene rings is 2. The van der Waals surface area contributed by atoms with E-state index in [-0.39, 0.29) is 18.8 Å². The highest BCUT2D eigenvalue weighted by molar-refractivity contribution is 5.69. The Bertz CT molecular complexity index is 706. The topological polar surface area (TPSA) is 49.8 Å². The zero-order valence-electron chi connectivity index (χ0n) is 16.0. The minimum atomic E-state index is -0.760. The Morgan fingerprint density at radius 3 is 2.30 bits per heavy atom. The fourth-order valence-electron chi connectivity index (χ4n) is 3.71. The first-order chi connectivity index (χ1) is 13.2. The molecule has 0 radical (unpaired) electrons. The number of ether oxygens (including phenoxy) is 1. The summed E-state index contributed by atoms with van der Waals surface area (Å²) in [6.45, 7) is 3.86. The SMILES string of the molecule is CCCc1ccc(C(OC2CCN(CC(=O)O)CC2)c2ccccc2)cc1. The highest BCUT2D eigenvalue weighted by Gasteiger charge is 2.25. The molecule has 1 aliphatic heterocycles. The molecule has 0 bridgehead atoms. The number of likely N-dealkylation sites (tertiary alicyclic amines) is 1. The molecule has 0 aliphatic carbocycles. The fraction of sp³-hybridized carbons (Fsp3) is 0.435. The summed E-state index contributed by atoms with van der Waals surface area (Å²) in [6, 6.07) is 19.1. The van der Waals surface area contributed by atoms with E-state index in [1.165, 1.54) is 11.1 Å². The summed E-state index contributed by atoms with van der Waals surface area (Å²) in [7, 11) is 0. The standard InChI is InChI=1S/C23H29NO3/c1-2-6-18-9-11-20(12-10-18)23(19-7-4-3-5-8-19)27-21-13-15-24(16-14-21)17-22(25)26/h3-5,7-12,21,23H,2,6,13-17H2,1H3,(H,25,26). The zero-order chi connectivity index (χ0) is 19.1. The number of nitrogens with zero attached hydrogens (tertiary/aromatic N) is 1. The molecular weight excluding hydrogens is 338 g/mol. The van der Waals surface area contributed by atoms with Crippen LogP contribution in [0.2, 0.25) is 0 Å². The Balaban J connectivity index is 1.71. The lowest BCUT2D eigenvalue weighted by atomic mass is 9.98. The van der Waals surface area contributed by atoms with Crippen LogP contribution in [0.5, 0.6) is 0 Å². The summed E-state index contributed by atoms with van der Waals surface area (Å²) in [6.07, 6.45) is 4.04. The third-order valence-corrected chi connectivity index (χ3v) is 5.15. The van der Waals surface area contributed by atoms with Crippen LogP contribution in [0.3, 0.4) is 0 Å². The van der Waals surface area contributed by atoms with Crippen LogP contribution in [0, 0.1) is 0 Å². The smallest absolute Gasteiger partial charge is 0.317 e. The van der Waals surface area contributed by atoms with Crippen molar-refractivity contribution in [1.29, 1.82) is 0 Å². The molecule has 4 nitrogen and oxygen atoms in total. The van der Waals surface area contributed by atoms with E-state index in [0.717, 1.165) is 44.3 Å². The van der Waals surface area contributed by atoms with Gasteiger partial charge in [-0.15, -0.1) is 0 Å². The lowest BCUT2D eigenvalue weighted by Gasteiger charge is -2.33. The predicted octanol–water partition coefficient (Wildman–Crippen LogP) is 4.29. The lowest BCUT2D eigenvalue weighted by molar-refractivity contribution is -0.139. The highest BCUT2D eigenvalue weighted by atomic mass is 16.5. The number of hydrogen-bond acceptors (Lipinski definition) is 3. The molecule has 27 heavy (non-hydrogen) atoms. The quantitative estimate of drug-likeness (QED) is 0.756. The Kier molecular flexibility index (Phi) is 7.02. The number of carboxylic acid groups (broad SMARTS) is 1. The van der Waals surface area contributed by atoms with E-state index in [1.807, 2.05) is 23.1 Å². The van der Waals surface area contributed by atoms with Crippen LogP contribution < -0.4 is 0 Å². The maximum atomic E-state index is 10.9. The predicted molar refractivity (Wildman–Crippen MR) is 107 cm³/mol. The van der Waals surface area contributed by atoms with Crippen molar-refractivity contribution in [1.82, 2.24) is 4.90 Å². The van der Waals surface area contributed by atoms with Crippen molar-refractivity contribution >= 4 is 5.97 Å². The first-order valence-corrected chi connectivity index (χ1v) is 9.89. The van der Waals surface area contributed by atoms with Gasteiger partial charge in [0.25, 0.3) is 0 Å². The zero-order valence-corrected chi connectivity index (χ0v) is 16.0. The van der Waals surface area contributed by atoms with Gasteiger partial charge in [-0.25, -0.2) is 0 Å². The van der Waals surface area contributed by atoms with Crippen molar-refractivity contribution in [3.8, 4) is 0 Å². The van der Waals surface area contributed by atoms with E-state index in [1.54, 1.807) is 0 Å². The van der Waals surface area contributed by atoms with E-state index in [9.17, 15) is 4.79 Å². The Morgan fingerprint density at radius 2 is 1.70 bits per heavy atom. The molecule has 0 spiro atoms. The van der Waals surface area contributed by atoms with Crippen molar-refractivity contribution in [3.63, 3.8) is 0 Å². The molecule has 2 aromatic rings. The summed E-state index contributed by atoms with van der Waals surface area (Å²) in [5.74, 6) is -0.760. The number of hydrogen-bond donors (Lipinski definition) is 1. The van der Waals surface area contributed by atoms with Crippen LogP contribution in [0.1, 0.15) is 49.0 Å². The van der Waals surface area contributed by atoms with Crippen molar-refractivity contribution in [2.45, 2.75) is 44.8 Å². The van der Waals surface area contributed by atoms with Crippen LogP contribution in [-0.4, -0.2) is 41.7 Å². The highest BCUT2D eigenvalue weighted by Crippen LogP contribution is 2.30. The fourth-order valence-corrected chi connectivity index (χ4v) is 3.71. The second-order valence-corrected chi connectivity index (χ2v) is 7.29. The van der Waals surface area contributed by atoms with Crippen molar-refractivity contribution in [2.24, 2.45) is 0 Å². The van der Waals surface area contributed by atoms with E-state index < -0.39 is 5.97 Å². The number of aryl methyl sites for hydroxylation is 1. The first-order valence-electron chi connectivity index (χ1n) is 9.89. The number of aliphatic carboxylic acids is 1. The number of rotatable bonds is 8. The van der Waals surface area contributed by atoms with Gasteiger partial charge >= 0.3 is 5.97 Å². The van der Waals surface area contributed by atoms with Crippen molar-refractivity contribution in [2.75, 3.05) is 19.6 Å². The minimum Gasteiger partial charge on any atom is -0.480 e. The molecule has 144 valence electrons. The van der Waals surface area contributed by atoms with Gasteiger partial charge in [-0.05, 0) is 36.0 Å². The first kappa shape index (κ1) is 19.6. The monoisotopic (exact) mass is 367 g/mol. The van der Waals surface area contributed by atoms with Crippen molar-refractivity contribution < 1.29 is 14.6 Å². The largest absolute Gasteiger partial charge is 0.480 e. The summed E-state index contributed by atoms with van der Waals surface area (Å²) in [5, 5.41) is 8.96. The molecular formula is C23H29NO3. The minimum absolute atomic E-state index is 0.0853. The molecule has 1 fully saturated rings. The molecule has 1 N–H and O–H groups in total. The van der Waals surface area contributed by atoms with E-state index in [2.05, 4.69) is 43.3 Å². The van der Waals surface area contributed by atoms with Crippen LogP contribution in [0.15, 0.2) is 54.6 Å². The van der Waals surface area contributed by atoms with Gasteiger partial charge in [0.05, 0.1) is 12.6 Å². The Labute approximate surface area is 161 Å². The average molecular weight is 367 g/mol. The molecule has 1 saturated heterocycles. The van der Waals surface area contributed by atoms with Gasteiger partial charge in [-0.1, -0.05) is 67.9 Å². The maximum absolute atomic E-state index is 10.9. The normalized spacial score (nSPS) is 16.9. The number of piperidine rings is 1.